The SMILES string of the molecule is CC(C)Cc1ccc(CNC2CCCCC2C(C)C)cc1. The number of nitrogens with one attached hydrogen (secondary N) is 1. The smallest absolute Gasteiger partial charge is 0.0208 e. The molecule has 1 aromatic rings. The Morgan fingerprint density at radius 3 is 2.19 bits per heavy atom. The van der Waals surface area contributed by atoms with E-state index in [1.807, 2.05) is 0 Å². The van der Waals surface area contributed by atoms with Crippen LogP contribution in [0.25, 0.3) is 0 Å². The zero-order valence-electron chi connectivity index (χ0n) is 14.4. The minimum atomic E-state index is 0.717. The molecule has 0 radical (unpaired) electrons. The molecular formula is C20H33N. The summed E-state index contributed by atoms with van der Waals surface area (Å²) < 4.78 is 0. The molecule has 1 aromatic carbocycles. The van der Waals surface area contributed by atoms with E-state index < -0.39 is 0 Å². The number of rotatable bonds is 6. The van der Waals surface area contributed by atoms with Gasteiger partial charge in [0.05, 0.1) is 0 Å². The lowest BCUT2D eigenvalue weighted by Crippen LogP contribution is -2.40. The average Bonchev–Trinajstić information content (AvgIpc) is 2.46. The summed E-state index contributed by atoms with van der Waals surface area (Å²) in [6.07, 6.45) is 6.77. The zero-order valence-corrected chi connectivity index (χ0v) is 14.4. The Bertz CT molecular complexity index is 404. The predicted molar refractivity (Wildman–Crippen MR) is 92.4 cm³/mol. The van der Waals surface area contributed by atoms with Gasteiger partial charge in [0, 0.05) is 12.6 Å². The second kappa shape index (κ2) is 7.98. The summed E-state index contributed by atoms with van der Waals surface area (Å²) in [6, 6.07) is 9.93. The molecule has 1 aliphatic carbocycles. The molecule has 1 saturated carbocycles. The first kappa shape index (κ1) is 16.5. The van der Waals surface area contributed by atoms with E-state index in [1.54, 1.807) is 0 Å². The van der Waals surface area contributed by atoms with Crippen LogP contribution in [0.1, 0.15) is 64.5 Å². The summed E-state index contributed by atoms with van der Waals surface area (Å²) in [7, 11) is 0. The molecule has 0 aliphatic heterocycles. The molecule has 0 spiro atoms. The molecule has 2 unspecified atom stereocenters. The number of benzene rings is 1. The number of hydrogen-bond acceptors (Lipinski definition) is 1. The maximum absolute atomic E-state index is 3.83. The van der Waals surface area contributed by atoms with E-state index in [4.69, 9.17) is 0 Å². The summed E-state index contributed by atoms with van der Waals surface area (Å²) in [6.45, 7) is 10.3. The van der Waals surface area contributed by atoms with Crippen molar-refractivity contribution in [1.29, 1.82) is 0 Å². The Labute approximate surface area is 131 Å². The van der Waals surface area contributed by atoms with Crippen LogP contribution in [-0.2, 0) is 13.0 Å². The molecule has 0 amide bonds. The molecule has 2 atom stereocenters. The molecule has 0 aromatic heterocycles. The molecule has 0 bridgehead atoms. The fourth-order valence-electron chi connectivity index (χ4n) is 3.72. The largest absolute Gasteiger partial charge is 0.310 e. The average molecular weight is 287 g/mol. The van der Waals surface area contributed by atoms with Gasteiger partial charge in [-0.1, -0.05) is 64.8 Å². The molecule has 0 saturated heterocycles. The van der Waals surface area contributed by atoms with Crippen LogP contribution in [-0.4, -0.2) is 6.04 Å². The molecule has 0 heterocycles. The van der Waals surface area contributed by atoms with Gasteiger partial charge >= 0.3 is 0 Å². The Morgan fingerprint density at radius 1 is 0.952 bits per heavy atom. The van der Waals surface area contributed by atoms with Crippen molar-refractivity contribution >= 4 is 0 Å². The molecule has 1 fully saturated rings. The van der Waals surface area contributed by atoms with Gasteiger partial charge in [0.15, 0.2) is 0 Å². The standard InChI is InChI=1S/C20H33N/c1-15(2)13-17-9-11-18(12-10-17)14-21-20-8-6-5-7-19(20)16(3)4/h9-12,15-16,19-21H,5-8,13-14H2,1-4H3. The van der Waals surface area contributed by atoms with E-state index in [-0.39, 0.29) is 0 Å². The van der Waals surface area contributed by atoms with Crippen molar-refractivity contribution < 1.29 is 0 Å². The van der Waals surface area contributed by atoms with Gasteiger partial charge in [0.25, 0.3) is 0 Å². The quantitative estimate of drug-likeness (QED) is 0.759. The van der Waals surface area contributed by atoms with Gasteiger partial charge in [0.2, 0.25) is 0 Å². The third-order valence-corrected chi connectivity index (χ3v) is 4.91. The summed E-state index contributed by atoms with van der Waals surface area (Å²) in [5.74, 6) is 2.40. The first-order valence-electron chi connectivity index (χ1n) is 8.87. The zero-order chi connectivity index (χ0) is 15.2. The highest BCUT2D eigenvalue weighted by Crippen LogP contribution is 2.30. The molecule has 1 nitrogen and oxygen atoms in total. The lowest BCUT2D eigenvalue weighted by atomic mass is 9.78. The van der Waals surface area contributed by atoms with Crippen molar-refractivity contribution in [2.45, 2.75) is 72.4 Å². The van der Waals surface area contributed by atoms with Gasteiger partial charge in [-0.15, -0.1) is 0 Å². The van der Waals surface area contributed by atoms with E-state index in [9.17, 15) is 0 Å². The van der Waals surface area contributed by atoms with Crippen molar-refractivity contribution in [3.8, 4) is 0 Å². The first-order chi connectivity index (χ1) is 10.1. The molecule has 1 heteroatoms. The van der Waals surface area contributed by atoms with E-state index in [0.717, 1.165) is 24.3 Å². The van der Waals surface area contributed by atoms with E-state index >= 15 is 0 Å². The van der Waals surface area contributed by atoms with E-state index in [2.05, 4.69) is 57.3 Å². The van der Waals surface area contributed by atoms with Crippen LogP contribution in [0, 0.1) is 17.8 Å². The summed E-state index contributed by atoms with van der Waals surface area (Å²) in [5.41, 5.74) is 2.89. The molecule has 1 N–H and O–H groups in total. The second-order valence-corrected chi connectivity index (χ2v) is 7.59. The third-order valence-electron chi connectivity index (χ3n) is 4.91. The fourth-order valence-corrected chi connectivity index (χ4v) is 3.72. The van der Waals surface area contributed by atoms with Crippen molar-refractivity contribution in [3.05, 3.63) is 35.4 Å². The van der Waals surface area contributed by atoms with Crippen molar-refractivity contribution in [2.75, 3.05) is 0 Å². The normalized spacial score (nSPS) is 23.0. The lowest BCUT2D eigenvalue weighted by molar-refractivity contribution is 0.204. The van der Waals surface area contributed by atoms with Crippen LogP contribution in [0.2, 0.25) is 0 Å². The van der Waals surface area contributed by atoms with Crippen molar-refractivity contribution in [2.24, 2.45) is 17.8 Å². The van der Waals surface area contributed by atoms with Crippen LogP contribution in [0.15, 0.2) is 24.3 Å². The first-order valence-corrected chi connectivity index (χ1v) is 8.87. The minimum Gasteiger partial charge on any atom is -0.310 e. The summed E-state index contributed by atoms with van der Waals surface area (Å²) in [5, 5.41) is 3.83. The summed E-state index contributed by atoms with van der Waals surface area (Å²) >= 11 is 0. The highest BCUT2D eigenvalue weighted by Gasteiger charge is 2.26. The molecule has 21 heavy (non-hydrogen) atoms. The Morgan fingerprint density at radius 2 is 1.57 bits per heavy atom. The van der Waals surface area contributed by atoms with Crippen molar-refractivity contribution in [1.82, 2.24) is 5.32 Å². The van der Waals surface area contributed by atoms with E-state index in [0.29, 0.717) is 6.04 Å². The van der Waals surface area contributed by atoms with Crippen LogP contribution in [0.4, 0.5) is 0 Å². The minimum absolute atomic E-state index is 0.717. The Balaban J connectivity index is 1.86. The molecule has 118 valence electrons. The molecule has 1 aliphatic rings. The molecule has 2 rings (SSSR count). The topological polar surface area (TPSA) is 12.0 Å². The van der Waals surface area contributed by atoms with Crippen LogP contribution < -0.4 is 5.32 Å². The van der Waals surface area contributed by atoms with Gasteiger partial charge in [-0.05, 0) is 48.1 Å². The van der Waals surface area contributed by atoms with Crippen LogP contribution in [0.5, 0.6) is 0 Å². The third kappa shape index (κ3) is 5.14. The van der Waals surface area contributed by atoms with Gasteiger partial charge < -0.3 is 5.32 Å². The Hall–Kier alpha value is -0.820. The van der Waals surface area contributed by atoms with Crippen LogP contribution >= 0.6 is 0 Å². The predicted octanol–water partition coefficient (Wildman–Crippen LogP) is 5.19. The maximum Gasteiger partial charge on any atom is 0.0208 e. The number of hydrogen-bond donors (Lipinski definition) is 1. The Kier molecular flexibility index (Phi) is 6.29. The van der Waals surface area contributed by atoms with E-state index in [1.165, 1.54) is 43.2 Å². The van der Waals surface area contributed by atoms with Crippen LogP contribution in [0.3, 0.4) is 0 Å². The van der Waals surface area contributed by atoms with Crippen molar-refractivity contribution in [3.63, 3.8) is 0 Å². The summed E-state index contributed by atoms with van der Waals surface area (Å²) in [4.78, 5) is 0. The second-order valence-electron chi connectivity index (χ2n) is 7.59. The maximum atomic E-state index is 3.83. The molecular weight excluding hydrogens is 254 g/mol. The van der Waals surface area contributed by atoms with Gasteiger partial charge in [-0.3, -0.25) is 0 Å². The van der Waals surface area contributed by atoms with Gasteiger partial charge in [0.1, 0.15) is 0 Å². The fraction of sp³-hybridized carbons (Fsp3) is 0.700. The highest BCUT2D eigenvalue weighted by molar-refractivity contribution is 5.22. The van der Waals surface area contributed by atoms with Gasteiger partial charge in [-0.25, -0.2) is 0 Å². The lowest BCUT2D eigenvalue weighted by Gasteiger charge is -2.35. The van der Waals surface area contributed by atoms with Gasteiger partial charge in [-0.2, -0.15) is 0 Å². The highest BCUT2D eigenvalue weighted by atomic mass is 14.9. The monoisotopic (exact) mass is 287 g/mol.